The van der Waals surface area contributed by atoms with Crippen molar-refractivity contribution in [3.63, 3.8) is 0 Å². The number of hydrogen-bond acceptors (Lipinski definition) is 2. The van der Waals surface area contributed by atoms with Gasteiger partial charge in [0, 0.05) is 6.04 Å². The predicted molar refractivity (Wildman–Crippen MR) is 50.7 cm³/mol. The monoisotopic (exact) mass is 179 g/mol. The van der Waals surface area contributed by atoms with Gasteiger partial charge >= 0.3 is 5.97 Å². The molecule has 1 rings (SSSR count). The highest BCUT2D eigenvalue weighted by Crippen LogP contribution is 2.20. The van der Waals surface area contributed by atoms with E-state index >= 15 is 0 Å². The van der Waals surface area contributed by atoms with Gasteiger partial charge in [-0.2, -0.15) is 0 Å². The summed E-state index contributed by atoms with van der Waals surface area (Å²) in [6.45, 7) is 3.65. The molecule has 1 aromatic rings. The molecule has 0 spiro atoms. The number of hydrogen-bond donors (Lipinski definition) is 2. The van der Waals surface area contributed by atoms with Crippen LogP contribution in [0.5, 0.6) is 0 Å². The maximum Gasteiger partial charge on any atom is 0.336 e. The molecule has 0 aliphatic carbocycles. The van der Waals surface area contributed by atoms with Crippen LogP contribution >= 0.6 is 0 Å². The summed E-state index contributed by atoms with van der Waals surface area (Å²) in [7, 11) is 0. The van der Waals surface area contributed by atoms with Crippen LogP contribution in [0, 0.1) is 6.92 Å². The summed E-state index contributed by atoms with van der Waals surface area (Å²) in [4.78, 5) is 10.8. The minimum absolute atomic E-state index is 0.243. The number of nitrogens with two attached hydrogens (primary N) is 1. The second-order valence-electron chi connectivity index (χ2n) is 3.13. The first kappa shape index (κ1) is 9.74. The zero-order valence-electron chi connectivity index (χ0n) is 7.74. The van der Waals surface area contributed by atoms with Gasteiger partial charge in [0.05, 0.1) is 5.56 Å². The third kappa shape index (κ3) is 1.87. The summed E-state index contributed by atoms with van der Waals surface area (Å²) in [6, 6.07) is 4.93. The van der Waals surface area contributed by atoms with Gasteiger partial charge in [-0.3, -0.25) is 0 Å². The Morgan fingerprint density at radius 1 is 1.54 bits per heavy atom. The van der Waals surface area contributed by atoms with Crippen molar-refractivity contribution in [2.75, 3.05) is 0 Å². The van der Waals surface area contributed by atoms with Crippen LogP contribution in [0.1, 0.15) is 34.5 Å². The molecule has 0 amide bonds. The highest BCUT2D eigenvalue weighted by molar-refractivity contribution is 5.90. The van der Waals surface area contributed by atoms with Crippen LogP contribution in [0.15, 0.2) is 18.2 Å². The van der Waals surface area contributed by atoms with E-state index in [-0.39, 0.29) is 6.04 Å². The van der Waals surface area contributed by atoms with E-state index in [0.717, 1.165) is 11.1 Å². The van der Waals surface area contributed by atoms with Gasteiger partial charge in [-0.1, -0.05) is 12.1 Å². The lowest BCUT2D eigenvalue weighted by atomic mass is 9.97. The number of carboxylic acids is 1. The lowest BCUT2D eigenvalue weighted by molar-refractivity contribution is 0.0695. The first-order chi connectivity index (χ1) is 6.04. The third-order valence-corrected chi connectivity index (χ3v) is 2.01. The summed E-state index contributed by atoms with van der Waals surface area (Å²) in [6.07, 6.45) is 0. The second-order valence-corrected chi connectivity index (χ2v) is 3.13. The molecule has 0 saturated heterocycles. The Morgan fingerprint density at radius 3 is 2.54 bits per heavy atom. The topological polar surface area (TPSA) is 63.3 Å². The fourth-order valence-corrected chi connectivity index (χ4v) is 1.47. The standard InChI is InChI=1S/C10H13NO2/c1-6-4-3-5-8(10(12)13)9(6)7(2)11/h3-5,7H,11H2,1-2H3,(H,12,13). The first-order valence-corrected chi connectivity index (χ1v) is 4.12. The summed E-state index contributed by atoms with van der Waals surface area (Å²) < 4.78 is 0. The molecule has 0 bridgehead atoms. The van der Waals surface area contributed by atoms with Gasteiger partial charge in [0.15, 0.2) is 0 Å². The summed E-state index contributed by atoms with van der Waals surface area (Å²) >= 11 is 0. The third-order valence-electron chi connectivity index (χ3n) is 2.01. The van der Waals surface area contributed by atoms with E-state index in [0.29, 0.717) is 5.56 Å². The van der Waals surface area contributed by atoms with Gasteiger partial charge < -0.3 is 10.8 Å². The Labute approximate surface area is 77.2 Å². The van der Waals surface area contributed by atoms with Gasteiger partial charge in [0.1, 0.15) is 0 Å². The van der Waals surface area contributed by atoms with E-state index in [2.05, 4.69) is 0 Å². The molecule has 0 aliphatic rings. The molecule has 0 saturated carbocycles. The molecule has 70 valence electrons. The van der Waals surface area contributed by atoms with Crippen molar-refractivity contribution < 1.29 is 9.90 Å². The maximum absolute atomic E-state index is 10.8. The quantitative estimate of drug-likeness (QED) is 0.726. The minimum Gasteiger partial charge on any atom is -0.478 e. The summed E-state index contributed by atoms with van der Waals surface area (Å²) in [5.74, 6) is -0.920. The zero-order valence-corrected chi connectivity index (χ0v) is 7.74. The number of aryl methyl sites for hydroxylation is 1. The van der Waals surface area contributed by atoms with Gasteiger partial charge in [-0.15, -0.1) is 0 Å². The molecule has 3 nitrogen and oxygen atoms in total. The van der Waals surface area contributed by atoms with E-state index in [1.807, 2.05) is 13.0 Å². The molecule has 1 atom stereocenters. The fraction of sp³-hybridized carbons (Fsp3) is 0.300. The molecule has 1 unspecified atom stereocenters. The SMILES string of the molecule is Cc1cccc(C(=O)O)c1C(C)N. The fourth-order valence-electron chi connectivity index (χ4n) is 1.47. The molecule has 3 heteroatoms. The van der Waals surface area contributed by atoms with Crippen molar-refractivity contribution in [3.8, 4) is 0 Å². The Morgan fingerprint density at radius 2 is 2.15 bits per heavy atom. The van der Waals surface area contributed by atoms with Crippen LogP contribution in [-0.4, -0.2) is 11.1 Å². The van der Waals surface area contributed by atoms with Crippen LogP contribution < -0.4 is 5.73 Å². The minimum atomic E-state index is -0.920. The Bertz CT molecular complexity index is 332. The van der Waals surface area contributed by atoms with E-state index in [4.69, 9.17) is 10.8 Å². The van der Waals surface area contributed by atoms with Crippen LogP contribution in [0.25, 0.3) is 0 Å². The molecule has 1 aromatic carbocycles. The Hall–Kier alpha value is -1.35. The van der Waals surface area contributed by atoms with Crippen molar-refractivity contribution >= 4 is 5.97 Å². The van der Waals surface area contributed by atoms with Crippen molar-refractivity contribution in [2.24, 2.45) is 5.73 Å². The summed E-state index contributed by atoms with van der Waals surface area (Å²) in [5, 5.41) is 8.88. The highest BCUT2D eigenvalue weighted by Gasteiger charge is 2.14. The molecule has 0 radical (unpaired) electrons. The summed E-state index contributed by atoms with van der Waals surface area (Å²) in [5.41, 5.74) is 7.63. The van der Waals surface area contributed by atoms with Gasteiger partial charge in [0.2, 0.25) is 0 Å². The average Bonchev–Trinajstić information content (AvgIpc) is 2.02. The van der Waals surface area contributed by atoms with Crippen LogP contribution in [-0.2, 0) is 0 Å². The van der Waals surface area contributed by atoms with E-state index in [9.17, 15) is 4.79 Å². The van der Waals surface area contributed by atoms with Crippen LogP contribution in [0.2, 0.25) is 0 Å². The number of rotatable bonds is 2. The zero-order chi connectivity index (χ0) is 10.0. The molecule has 13 heavy (non-hydrogen) atoms. The van der Waals surface area contributed by atoms with Crippen molar-refractivity contribution in [2.45, 2.75) is 19.9 Å². The highest BCUT2D eigenvalue weighted by atomic mass is 16.4. The molecule has 0 aromatic heterocycles. The molecule has 0 fully saturated rings. The second kappa shape index (κ2) is 3.58. The lowest BCUT2D eigenvalue weighted by Crippen LogP contribution is -2.13. The number of aromatic carboxylic acids is 1. The van der Waals surface area contributed by atoms with E-state index < -0.39 is 5.97 Å². The number of carbonyl (C=O) groups is 1. The molecule has 0 heterocycles. The smallest absolute Gasteiger partial charge is 0.336 e. The largest absolute Gasteiger partial charge is 0.478 e. The maximum atomic E-state index is 10.8. The molecule has 3 N–H and O–H groups in total. The lowest BCUT2D eigenvalue weighted by Gasteiger charge is -2.12. The first-order valence-electron chi connectivity index (χ1n) is 4.12. The number of carboxylic acid groups (broad SMARTS) is 1. The number of benzene rings is 1. The van der Waals surface area contributed by atoms with Gasteiger partial charge in [-0.25, -0.2) is 4.79 Å². The molecule has 0 aliphatic heterocycles. The van der Waals surface area contributed by atoms with Crippen molar-refractivity contribution in [1.29, 1.82) is 0 Å². The normalized spacial score (nSPS) is 12.5. The van der Waals surface area contributed by atoms with Crippen molar-refractivity contribution in [1.82, 2.24) is 0 Å². The Balaban J connectivity index is 3.34. The van der Waals surface area contributed by atoms with Crippen LogP contribution in [0.3, 0.4) is 0 Å². The van der Waals surface area contributed by atoms with E-state index in [1.165, 1.54) is 0 Å². The van der Waals surface area contributed by atoms with Gasteiger partial charge in [-0.05, 0) is 31.0 Å². The predicted octanol–water partition coefficient (Wildman–Crippen LogP) is 1.71. The van der Waals surface area contributed by atoms with E-state index in [1.54, 1.807) is 19.1 Å². The van der Waals surface area contributed by atoms with Crippen molar-refractivity contribution in [3.05, 3.63) is 34.9 Å². The molecular formula is C10H13NO2. The Kier molecular flexibility index (Phi) is 2.68. The van der Waals surface area contributed by atoms with Gasteiger partial charge in [0.25, 0.3) is 0 Å². The molecular weight excluding hydrogens is 166 g/mol. The van der Waals surface area contributed by atoms with Crippen LogP contribution in [0.4, 0.5) is 0 Å². The average molecular weight is 179 g/mol.